The van der Waals surface area contributed by atoms with E-state index >= 15 is 0 Å². The Labute approximate surface area is 157 Å². The van der Waals surface area contributed by atoms with Crippen molar-refractivity contribution in [2.45, 2.75) is 20.4 Å². The Bertz CT molecular complexity index is 1060. The number of aromatic nitrogens is 6. The lowest BCUT2D eigenvalue weighted by atomic mass is 10.1. The summed E-state index contributed by atoms with van der Waals surface area (Å²) in [7, 11) is 0. The number of pyridine rings is 1. The maximum atomic E-state index is 4.64. The maximum absolute atomic E-state index is 4.64. The first kappa shape index (κ1) is 16.8. The van der Waals surface area contributed by atoms with Crippen LogP contribution in [0.1, 0.15) is 17.0 Å². The van der Waals surface area contributed by atoms with E-state index in [1.54, 1.807) is 17.2 Å². The van der Waals surface area contributed by atoms with Crippen LogP contribution < -0.4 is 5.32 Å². The standard InChI is InChI=1S/C20H19N7/c1-14-7-8-17(15(2)25-14)18-9-10-22-20(26-18)23-11-16-5-3-4-6-19(16)27-13-21-12-24-27/h3-10,12-13H,11H2,1-2H3,(H,22,23,26). The van der Waals surface area contributed by atoms with Crippen molar-refractivity contribution in [1.29, 1.82) is 0 Å². The molecule has 4 rings (SSSR count). The number of anilines is 1. The van der Waals surface area contributed by atoms with Crippen molar-refractivity contribution in [2.75, 3.05) is 5.32 Å². The summed E-state index contributed by atoms with van der Waals surface area (Å²) in [5.41, 5.74) is 5.85. The van der Waals surface area contributed by atoms with Crippen molar-refractivity contribution in [3.8, 4) is 16.9 Å². The lowest BCUT2D eigenvalue weighted by Crippen LogP contribution is -2.08. The second-order valence-electron chi connectivity index (χ2n) is 6.17. The van der Waals surface area contributed by atoms with Crippen LogP contribution in [-0.4, -0.2) is 29.7 Å². The highest BCUT2D eigenvalue weighted by Gasteiger charge is 2.08. The van der Waals surface area contributed by atoms with Gasteiger partial charge in [0.2, 0.25) is 5.95 Å². The number of para-hydroxylation sites is 1. The summed E-state index contributed by atoms with van der Waals surface area (Å²) in [4.78, 5) is 17.5. The zero-order valence-electron chi connectivity index (χ0n) is 15.2. The predicted octanol–water partition coefficient (Wildman–Crippen LogP) is 3.35. The number of aryl methyl sites for hydroxylation is 2. The van der Waals surface area contributed by atoms with E-state index in [1.165, 1.54) is 6.33 Å². The van der Waals surface area contributed by atoms with Gasteiger partial charge in [-0.3, -0.25) is 4.98 Å². The third-order valence-electron chi connectivity index (χ3n) is 4.25. The zero-order valence-corrected chi connectivity index (χ0v) is 15.2. The summed E-state index contributed by atoms with van der Waals surface area (Å²) < 4.78 is 1.75. The van der Waals surface area contributed by atoms with Gasteiger partial charge in [-0.05, 0) is 43.7 Å². The Hall–Kier alpha value is -3.61. The molecule has 0 saturated heterocycles. The molecule has 0 unspecified atom stereocenters. The summed E-state index contributed by atoms with van der Waals surface area (Å²) >= 11 is 0. The molecule has 1 aromatic carbocycles. The van der Waals surface area contributed by atoms with Crippen molar-refractivity contribution in [3.05, 3.63) is 78.3 Å². The largest absolute Gasteiger partial charge is 0.350 e. The number of nitrogens with one attached hydrogen (secondary N) is 1. The van der Waals surface area contributed by atoms with Gasteiger partial charge >= 0.3 is 0 Å². The third kappa shape index (κ3) is 3.67. The zero-order chi connectivity index (χ0) is 18.6. The molecule has 0 amide bonds. The van der Waals surface area contributed by atoms with Gasteiger partial charge in [-0.2, -0.15) is 5.10 Å². The molecule has 0 fully saturated rings. The van der Waals surface area contributed by atoms with Crippen LogP contribution in [0.2, 0.25) is 0 Å². The van der Waals surface area contributed by atoms with Crippen LogP contribution in [0.15, 0.2) is 61.3 Å². The Morgan fingerprint density at radius 1 is 1.00 bits per heavy atom. The summed E-state index contributed by atoms with van der Waals surface area (Å²) in [6.45, 7) is 4.55. The van der Waals surface area contributed by atoms with Gasteiger partial charge in [0.05, 0.1) is 11.4 Å². The highest BCUT2D eigenvalue weighted by molar-refractivity contribution is 5.62. The molecule has 134 valence electrons. The number of hydrogen-bond acceptors (Lipinski definition) is 6. The van der Waals surface area contributed by atoms with Crippen LogP contribution in [-0.2, 0) is 6.54 Å². The van der Waals surface area contributed by atoms with Crippen molar-refractivity contribution < 1.29 is 0 Å². The van der Waals surface area contributed by atoms with E-state index in [9.17, 15) is 0 Å². The highest BCUT2D eigenvalue weighted by atomic mass is 15.3. The molecule has 3 heterocycles. The fraction of sp³-hybridized carbons (Fsp3) is 0.150. The van der Waals surface area contributed by atoms with E-state index < -0.39 is 0 Å². The normalized spacial score (nSPS) is 10.7. The fourth-order valence-corrected chi connectivity index (χ4v) is 2.94. The summed E-state index contributed by atoms with van der Waals surface area (Å²) in [6, 6.07) is 14.0. The molecule has 7 nitrogen and oxygen atoms in total. The molecule has 0 radical (unpaired) electrons. The maximum Gasteiger partial charge on any atom is 0.223 e. The van der Waals surface area contributed by atoms with E-state index in [0.29, 0.717) is 12.5 Å². The van der Waals surface area contributed by atoms with Gasteiger partial charge in [-0.25, -0.2) is 19.6 Å². The van der Waals surface area contributed by atoms with Crippen LogP contribution >= 0.6 is 0 Å². The van der Waals surface area contributed by atoms with Gasteiger partial charge in [0, 0.05) is 29.7 Å². The molecule has 1 N–H and O–H groups in total. The van der Waals surface area contributed by atoms with E-state index in [-0.39, 0.29) is 0 Å². The lowest BCUT2D eigenvalue weighted by molar-refractivity contribution is 0.861. The van der Waals surface area contributed by atoms with Crippen molar-refractivity contribution in [2.24, 2.45) is 0 Å². The van der Waals surface area contributed by atoms with Crippen LogP contribution in [0.25, 0.3) is 16.9 Å². The summed E-state index contributed by atoms with van der Waals surface area (Å²) in [6.07, 6.45) is 4.96. The minimum Gasteiger partial charge on any atom is -0.350 e. The first-order chi connectivity index (χ1) is 13.2. The average molecular weight is 357 g/mol. The number of hydrogen-bond donors (Lipinski definition) is 1. The molecular weight excluding hydrogens is 338 g/mol. The first-order valence-electron chi connectivity index (χ1n) is 8.65. The molecule has 0 spiro atoms. The van der Waals surface area contributed by atoms with Crippen molar-refractivity contribution in [3.63, 3.8) is 0 Å². The van der Waals surface area contributed by atoms with Gasteiger partial charge in [0.1, 0.15) is 12.7 Å². The van der Waals surface area contributed by atoms with E-state index in [0.717, 1.165) is 33.9 Å². The number of rotatable bonds is 5. The molecule has 0 saturated carbocycles. The second kappa shape index (κ2) is 7.33. The van der Waals surface area contributed by atoms with E-state index in [2.05, 4.69) is 30.4 Å². The predicted molar refractivity (Wildman–Crippen MR) is 103 cm³/mol. The topological polar surface area (TPSA) is 81.4 Å². The van der Waals surface area contributed by atoms with Crippen molar-refractivity contribution in [1.82, 2.24) is 29.7 Å². The van der Waals surface area contributed by atoms with Gasteiger partial charge < -0.3 is 5.32 Å². The van der Waals surface area contributed by atoms with Crippen LogP contribution in [0, 0.1) is 13.8 Å². The average Bonchev–Trinajstić information content (AvgIpc) is 3.21. The minimum atomic E-state index is 0.570. The second-order valence-corrected chi connectivity index (χ2v) is 6.17. The monoisotopic (exact) mass is 357 g/mol. The first-order valence-corrected chi connectivity index (χ1v) is 8.65. The Morgan fingerprint density at radius 2 is 1.89 bits per heavy atom. The SMILES string of the molecule is Cc1ccc(-c2ccnc(NCc3ccccc3-n3cncn3)n2)c(C)n1. The Balaban J connectivity index is 1.57. The molecule has 3 aromatic heterocycles. The highest BCUT2D eigenvalue weighted by Crippen LogP contribution is 2.21. The van der Waals surface area contributed by atoms with Gasteiger partial charge in [-0.1, -0.05) is 18.2 Å². The minimum absolute atomic E-state index is 0.570. The van der Waals surface area contributed by atoms with Gasteiger partial charge in [0.15, 0.2) is 0 Å². The smallest absolute Gasteiger partial charge is 0.223 e. The van der Waals surface area contributed by atoms with Crippen LogP contribution in [0.4, 0.5) is 5.95 Å². The fourth-order valence-electron chi connectivity index (χ4n) is 2.94. The van der Waals surface area contributed by atoms with Crippen LogP contribution in [0.3, 0.4) is 0 Å². The Morgan fingerprint density at radius 3 is 2.70 bits per heavy atom. The quantitative estimate of drug-likeness (QED) is 0.590. The Kier molecular flexibility index (Phi) is 4.57. The number of nitrogens with zero attached hydrogens (tertiary/aromatic N) is 6. The molecule has 4 aromatic rings. The molecule has 0 atom stereocenters. The summed E-state index contributed by atoms with van der Waals surface area (Å²) in [5.74, 6) is 0.570. The molecule has 0 aliphatic heterocycles. The molecule has 0 aliphatic rings. The molecule has 0 bridgehead atoms. The van der Waals surface area contributed by atoms with E-state index in [4.69, 9.17) is 0 Å². The van der Waals surface area contributed by atoms with Crippen LogP contribution in [0.5, 0.6) is 0 Å². The molecule has 27 heavy (non-hydrogen) atoms. The molecule has 7 heteroatoms. The van der Waals surface area contributed by atoms with Gasteiger partial charge in [-0.15, -0.1) is 0 Å². The summed E-state index contributed by atoms with van der Waals surface area (Å²) in [5, 5.41) is 7.51. The lowest BCUT2D eigenvalue weighted by Gasteiger charge is -2.11. The number of benzene rings is 1. The van der Waals surface area contributed by atoms with Crippen molar-refractivity contribution >= 4 is 5.95 Å². The molecular formula is C20H19N7. The van der Waals surface area contributed by atoms with Gasteiger partial charge in [0.25, 0.3) is 0 Å². The third-order valence-corrected chi connectivity index (χ3v) is 4.25. The van der Waals surface area contributed by atoms with E-state index in [1.807, 2.05) is 56.3 Å². The molecule has 0 aliphatic carbocycles.